The maximum atomic E-state index is 12.7. The van der Waals surface area contributed by atoms with E-state index in [1.165, 1.54) is 18.4 Å². The molecule has 39 heavy (non-hydrogen) atoms. The fraction of sp³-hybridized carbons (Fsp3) is 0.286. The molecule has 1 aromatic heterocycles. The molecule has 4 aromatic rings. The summed E-state index contributed by atoms with van der Waals surface area (Å²) in [6, 6.07) is 19.6. The van der Waals surface area contributed by atoms with Crippen molar-refractivity contribution in [2.75, 3.05) is 20.4 Å². The van der Waals surface area contributed by atoms with Gasteiger partial charge in [0.15, 0.2) is 0 Å². The Kier molecular flexibility index (Phi) is 8.24. The summed E-state index contributed by atoms with van der Waals surface area (Å²) in [5.41, 5.74) is 4.15. The van der Waals surface area contributed by atoms with Crippen molar-refractivity contribution >= 4 is 37.0 Å². The molecule has 1 N–H and O–H groups in total. The number of rotatable bonds is 10. The van der Waals surface area contributed by atoms with Gasteiger partial charge in [-0.2, -0.15) is 0 Å². The second kappa shape index (κ2) is 11.3. The minimum absolute atomic E-state index is 0.203. The lowest BCUT2D eigenvalue weighted by atomic mass is 9.98. The number of sulfonamides is 2. The molecule has 0 bridgehead atoms. The smallest absolute Gasteiger partial charge is 0.265 e. The molecule has 1 amide bonds. The number of imidazole rings is 1. The van der Waals surface area contributed by atoms with Gasteiger partial charge in [0.2, 0.25) is 20.0 Å². The molecule has 0 atom stereocenters. The first-order valence-corrected chi connectivity index (χ1v) is 15.9. The van der Waals surface area contributed by atoms with Crippen LogP contribution in [0, 0.1) is 0 Å². The molecule has 0 saturated heterocycles. The van der Waals surface area contributed by atoms with Crippen molar-refractivity contribution in [3.8, 4) is 11.1 Å². The average molecular weight is 569 g/mol. The molecule has 0 saturated carbocycles. The average Bonchev–Trinajstić information content (AvgIpc) is 3.23. The van der Waals surface area contributed by atoms with E-state index in [2.05, 4.69) is 11.5 Å². The number of fused-ring (bicyclic) bond motifs is 1. The molecule has 206 valence electrons. The highest BCUT2D eigenvalue weighted by atomic mass is 32.2. The first-order chi connectivity index (χ1) is 18.4. The van der Waals surface area contributed by atoms with Gasteiger partial charge in [-0.05, 0) is 47.4 Å². The van der Waals surface area contributed by atoms with E-state index in [9.17, 15) is 21.6 Å². The van der Waals surface area contributed by atoms with Crippen molar-refractivity contribution < 1.29 is 21.6 Å². The number of carbonyl (C=O) groups is 1. The largest absolute Gasteiger partial charge is 0.323 e. The monoisotopic (exact) mass is 568 g/mol. The molecule has 0 aliphatic carbocycles. The topological polar surface area (TPSA) is 118 Å². The predicted molar refractivity (Wildman–Crippen MR) is 153 cm³/mol. The van der Waals surface area contributed by atoms with Crippen molar-refractivity contribution in [1.82, 2.24) is 18.6 Å². The molecule has 11 heteroatoms. The first-order valence-electron chi connectivity index (χ1n) is 12.5. The van der Waals surface area contributed by atoms with Gasteiger partial charge in [0, 0.05) is 32.6 Å². The van der Waals surface area contributed by atoms with Gasteiger partial charge in [0.05, 0.1) is 22.2 Å². The molecule has 0 fully saturated rings. The SMILES string of the molecule is CCCCc1nc2cc(S(=O)(=O)N(C)C)ccc2n1Cc1ccc(-c2ccccc2C(=O)NS(C)(=O)=O)cc1. The van der Waals surface area contributed by atoms with E-state index in [0.717, 1.165) is 48.0 Å². The van der Waals surface area contributed by atoms with Crippen molar-refractivity contribution in [2.24, 2.45) is 0 Å². The number of hydrogen-bond acceptors (Lipinski definition) is 6. The Morgan fingerprint density at radius 2 is 1.67 bits per heavy atom. The number of amides is 1. The second-order valence-electron chi connectivity index (χ2n) is 9.60. The number of aromatic nitrogens is 2. The summed E-state index contributed by atoms with van der Waals surface area (Å²) in [5, 5.41) is 0. The summed E-state index contributed by atoms with van der Waals surface area (Å²) in [7, 11) is -4.26. The van der Waals surface area contributed by atoms with Gasteiger partial charge in [0.25, 0.3) is 5.91 Å². The third kappa shape index (κ3) is 6.38. The van der Waals surface area contributed by atoms with Crippen LogP contribution in [-0.2, 0) is 33.0 Å². The lowest BCUT2D eigenvalue weighted by Gasteiger charge is -2.13. The highest BCUT2D eigenvalue weighted by Gasteiger charge is 2.20. The van der Waals surface area contributed by atoms with Gasteiger partial charge >= 0.3 is 0 Å². The van der Waals surface area contributed by atoms with Crippen LogP contribution in [0.5, 0.6) is 0 Å². The fourth-order valence-corrected chi connectivity index (χ4v) is 5.73. The van der Waals surface area contributed by atoms with Gasteiger partial charge in [-0.1, -0.05) is 55.8 Å². The molecule has 0 aliphatic rings. The zero-order valence-electron chi connectivity index (χ0n) is 22.4. The van der Waals surface area contributed by atoms with E-state index in [0.29, 0.717) is 17.6 Å². The van der Waals surface area contributed by atoms with Crippen molar-refractivity contribution in [3.05, 3.63) is 83.7 Å². The van der Waals surface area contributed by atoms with Crippen LogP contribution >= 0.6 is 0 Å². The van der Waals surface area contributed by atoms with Crippen LogP contribution in [0.15, 0.2) is 71.6 Å². The lowest BCUT2D eigenvalue weighted by molar-refractivity contribution is 0.0982. The molecule has 0 unspecified atom stereocenters. The van der Waals surface area contributed by atoms with Crippen LogP contribution in [0.2, 0.25) is 0 Å². The van der Waals surface area contributed by atoms with E-state index in [1.807, 2.05) is 29.0 Å². The van der Waals surface area contributed by atoms with E-state index < -0.39 is 26.0 Å². The molecule has 0 spiro atoms. The van der Waals surface area contributed by atoms with Crippen LogP contribution in [0.1, 0.15) is 41.5 Å². The van der Waals surface area contributed by atoms with Crippen LogP contribution in [0.4, 0.5) is 0 Å². The Balaban J connectivity index is 1.68. The van der Waals surface area contributed by atoms with E-state index in [-0.39, 0.29) is 10.5 Å². The fourth-order valence-electron chi connectivity index (χ4n) is 4.36. The van der Waals surface area contributed by atoms with Crippen LogP contribution in [-0.4, -0.2) is 57.0 Å². The molecule has 1 heterocycles. The number of unbranched alkanes of at least 4 members (excludes halogenated alkanes) is 1. The van der Waals surface area contributed by atoms with E-state index in [4.69, 9.17) is 4.98 Å². The van der Waals surface area contributed by atoms with Crippen LogP contribution in [0.25, 0.3) is 22.2 Å². The maximum Gasteiger partial charge on any atom is 0.265 e. The highest BCUT2D eigenvalue weighted by Crippen LogP contribution is 2.27. The number of benzene rings is 3. The van der Waals surface area contributed by atoms with Gasteiger partial charge in [-0.15, -0.1) is 0 Å². The first kappa shape index (κ1) is 28.5. The minimum Gasteiger partial charge on any atom is -0.323 e. The van der Waals surface area contributed by atoms with Crippen molar-refractivity contribution in [2.45, 2.75) is 37.6 Å². The minimum atomic E-state index is -3.69. The Bertz CT molecular complexity index is 1730. The summed E-state index contributed by atoms with van der Waals surface area (Å²) in [6.07, 6.45) is 3.67. The number of nitrogens with one attached hydrogen (secondary N) is 1. The summed E-state index contributed by atoms with van der Waals surface area (Å²) in [4.78, 5) is 17.6. The quantitative estimate of drug-likeness (QED) is 0.309. The third-order valence-corrected chi connectivity index (χ3v) is 8.75. The Morgan fingerprint density at radius 1 is 0.974 bits per heavy atom. The zero-order chi connectivity index (χ0) is 28.4. The summed E-state index contributed by atoms with van der Waals surface area (Å²) in [6.45, 7) is 2.65. The standard InChI is InChI=1S/C28H32N4O5S2/c1-5-6-11-27-29-25-18-22(39(36,37)31(2)3)16-17-26(25)32(27)19-20-12-14-21(15-13-20)23-9-7-8-10-24(23)28(33)30-38(4,34)35/h7-10,12-18H,5-6,11,19H2,1-4H3,(H,30,33). The zero-order valence-corrected chi connectivity index (χ0v) is 24.0. The van der Waals surface area contributed by atoms with Crippen molar-refractivity contribution in [1.29, 1.82) is 0 Å². The Labute approximate surface area is 229 Å². The van der Waals surface area contributed by atoms with Gasteiger partial charge in [0.1, 0.15) is 5.82 Å². The molecule has 0 radical (unpaired) electrons. The van der Waals surface area contributed by atoms with Crippen LogP contribution in [0.3, 0.4) is 0 Å². The van der Waals surface area contributed by atoms with E-state index in [1.54, 1.807) is 42.5 Å². The Hall–Kier alpha value is -3.54. The number of nitrogens with zero attached hydrogens (tertiary/aromatic N) is 3. The summed E-state index contributed by atoms with van der Waals surface area (Å²) >= 11 is 0. The Morgan fingerprint density at radius 3 is 2.31 bits per heavy atom. The summed E-state index contributed by atoms with van der Waals surface area (Å²) < 4.78 is 53.8. The van der Waals surface area contributed by atoms with Gasteiger partial charge in [-0.25, -0.2) is 30.8 Å². The molecule has 9 nitrogen and oxygen atoms in total. The van der Waals surface area contributed by atoms with Crippen LogP contribution < -0.4 is 4.72 Å². The van der Waals surface area contributed by atoms with Gasteiger partial charge in [-0.3, -0.25) is 4.79 Å². The molecule has 3 aromatic carbocycles. The normalized spacial score (nSPS) is 12.2. The molecule has 0 aliphatic heterocycles. The highest BCUT2D eigenvalue weighted by molar-refractivity contribution is 7.89. The predicted octanol–water partition coefficient (Wildman–Crippen LogP) is 4.03. The van der Waals surface area contributed by atoms with E-state index >= 15 is 0 Å². The molecular weight excluding hydrogens is 536 g/mol. The number of hydrogen-bond donors (Lipinski definition) is 1. The summed E-state index contributed by atoms with van der Waals surface area (Å²) in [5.74, 6) is 0.205. The van der Waals surface area contributed by atoms with Crippen molar-refractivity contribution in [3.63, 3.8) is 0 Å². The second-order valence-corrected chi connectivity index (χ2v) is 13.5. The third-order valence-electron chi connectivity index (χ3n) is 6.39. The number of carbonyl (C=O) groups excluding carboxylic acids is 1. The molecule has 4 rings (SSSR count). The number of aryl methyl sites for hydroxylation is 1. The maximum absolute atomic E-state index is 12.7. The van der Waals surface area contributed by atoms with Gasteiger partial charge < -0.3 is 4.57 Å². The molecular formula is C28H32N4O5S2. The lowest BCUT2D eigenvalue weighted by Crippen LogP contribution is -2.29.